The lowest BCUT2D eigenvalue weighted by Crippen LogP contribution is -3.00. The molecule has 0 N–H and O–H groups in total. The van der Waals surface area contributed by atoms with Crippen LogP contribution in [0.3, 0.4) is 0 Å². The van der Waals surface area contributed by atoms with Crippen molar-refractivity contribution in [1.82, 2.24) is 4.57 Å². The smallest absolute Gasteiger partial charge is 0.245 e. The van der Waals surface area contributed by atoms with Gasteiger partial charge in [0.15, 0.2) is 16.8 Å². The highest BCUT2D eigenvalue weighted by molar-refractivity contribution is 5.79. The van der Waals surface area contributed by atoms with E-state index >= 15 is 0 Å². The van der Waals surface area contributed by atoms with Crippen molar-refractivity contribution in [2.24, 2.45) is 0 Å². The first kappa shape index (κ1) is 17.2. The summed E-state index contributed by atoms with van der Waals surface area (Å²) in [5, 5.41) is 0. The molecule has 120 valence electrons. The molecular formula is C19H21ClN2O. The summed E-state index contributed by atoms with van der Waals surface area (Å²) in [7, 11) is 0. The van der Waals surface area contributed by atoms with Crippen LogP contribution < -0.4 is 17.0 Å². The van der Waals surface area contributed by atoms with Gasteiger partial charge in [-0.1, -0.05) is 30.3 Å². The lowest BCUT2D eigenvalue weighted by atomic mass is 10.1. The van der Waals surface area contributed by atoms with Gasteiger partial charge < -0.3 is 12.4 Å². The van der Waals surface area contributed by atoms with Crippen LogP contribution in [0.1, 0.15) is 23.6 Å². The van der Waals surface area contributed by atoms with E-state index in [1.165, 1.54) is 22.2 Å². The highest BCUT2D eigenvalue weighted by Crippen LogP contribution is 2.18. The molecule has 1 heterocycles. The SMILES string of the molecule is CC(=O)Cn1c[n+](Cc2ccccc2)c2cc(C)c(C)cc21.[Cl-]. The molecule has 0 fully saturated rings. The molecule has 0 saturated carbocycles. The number of benzene rings is 2. The predicted molar refractivity (Wildman–Crippen MR) is 87.8 cm³/mol. The molecular weight excluding hydrogens is 308 g/mol. The molecule has 0 spiro atoms. The first-order valence-corrected chi connectivity index (χ1v) is 7.57. The number of carbonyl (C=O) groups excluding carboxylic acids is 1. The van der Waals surface area contributed by atoms with E-state index in [0.29, 0.717) is 6.54 Å². The third kappa shape index (κ3) is 3.62. The maximum atomic E-state index is 11.5. The van der Waals surface area contributed by atoms with Crippen molar-refractivity contribution in [2.45, 2.75) is 33.9 Å². The van der Waals surface area contributed by atoms with Crippen LogP contribution in [0, 0.1) is 13.8 Å². The van der Waals surface area contributed by atoms with Crippen LogP contribution in [0.4, 0.5) is 0 Å². The summed E-state index contributed by atoms with van der Waals surface area (Å²) in [5.74, 6) is 0.169. The molecule has 0 atom stereocenters. The van der Waals surface area contributed by atoms with Gasteiger partial charge in [-0.2, -0.15) is 0 Å². The molecule has 3 rings (SSSR count). The van der Waals surface area contributed by atoms with Gasteiger partial charge in [0.25, 0.3) is 0 Å². The van der Waals surface area contributed by atoms with E-state index in [-0.39, 0.29) is 18.2 Å². The van der Waals surface area contributed by atoms with Gasteiger partial charge in [0.1, 0.15) is 13.1 Å². The molecule has 4 heteroatoms. The number of hydrogen-bond acceptors (Lipinski definition) is 1. The number of imidazole rings is 1. The second-order valence-corrected chi connectivity index (χ2v) is 5.98. The topological polar surface area (TPSA) is 25.9 Å². The molecule has 1 aromatic heterocycles. The van der Waals surface area contributed by atoms with Crippen LogP contribution in [0.2, 0.25) is 0 Å². The monoisotopic (exact) mass is 328 g/mol. The Morgan fingerprint density at radius 3 is 2.39 bits per heavy atom. The number of aryl methyl sites for hydroxylation is 2. The lowest BCUT2D eigenvalue weighted by molar-refractivity contribution is -0.663. The lowest BCUT2D eigenvalue weighted by Gasteiger charge is -2.01. The van der Waals surface area contributed by atoms with Gasteiger partial charge >= 0.3 is 0 Å². The van der Waals surface area contributed by atoms with E-state index in [0.717, 1.165) is 12.1 Å². The van der Waals surface area contributed by atoms with E-state index in [1.54, 1.807) is 6.92 Å². The molecule has 23 heavy (non-hydrogen) atoms. The van der Waals surface area contributed by atoms with Crippen LogP contribution in [0.25, 0.3) is 11.0 Å². The summed E-state index contributed by atoms with van der Waals surface area (Å²) in [5.41, 5.74) is 6.08. The van der Waals surface area contributed by atoms with Gasteiger partial charge in [0.2, 0.25) is 6.33 Å². The molecule has 3 nitrogen and oxygen atoms in total. The van der Waals surface area contributed by atoms with Crippen molar-refractivity contribution in [3.05, 3.63) is 65.5 Å². The number of ketones is 1. The van der Waals surface area contributed by atoms with Crippen LogP contribution in [-0.4, -0.2) is 10.4 Å². The highest BCUT2D eigenvalue weighted by Gasteiger charge is 2.18. The van der Waals surface area contributed by atoms with Crippen LogP contribution in [0.5, 0.6) is 0 Å². The Labute approximate surface area is 143 Å². The average molecular weight is 329 g/mol. The molecule has 2 aromatic carbocycles. The highest BCUT2D eigenvalue weighted by atomic mass is 35.5. The van der Waals surface area contributed by atoms with Crippen molar-refractivity contribution in [3.63, 3.8) is 0 Å². The third-order valence-electron chi connectivity index (χ3n) is 4.08. The number of aromatic nitrogens is 2. The fraction of sp³-hybridized carbons (Fsp3) is 0.263. The fourth-order valence-electron chi connectivity index (χ4n) is 2.81. The van der Waals surface area contributed by atoms with Gasteiger partial charge in [-0.25, -0.2) is 9.13 Å². The van der Waals surface area contributed by atoms with Gasteiger partial charge in [-0.15, -0.1) is 0 Å². The molecule has 0 aliphatic heterocycles. The normalized spacial score (nSPS) is 10.6. The minimum Gasteiger partial charge on any atom is -1.00 e. The van der Waals surface area contributed by atoms with Crippen molar-refractivity contribution < 1.29 is 21.8 Å². The van der Waals surface area contributed by atoms with Crippen molar-refractivity contribution in [3.8, 4) is 0 Å². The Morgan fingerprint density at radius 1 is 1.09 bits per heavy atom. The largest absolute Gasteiger partial charge is 1.00 e. The summed E-state index contributed by atoms with van der Waals surface area (Å²) in [4.78, 5) is 11.5. The standard InChI is InChI=1S/C19H21N2O.ClH/c1-14-9-18-19(10-15(14)2)21(13-20(18)11-16(3)22)12-17-7-5-4-6-8-17;/h4-10,13H,11-12H2,1-3H3;1H/q+1;/p-1. The first-order chi connectivity index (χ1) is 10.5. The van der Waals surface area contributed by atoms with Gasteiger partial charge in [-0.3, -0.25) is 4.79 Å². The Hall–Kier alpha value is -2.13. The Balaban J connectivity index is 0.00000192. The number of rotatable bonds is 4. The average Bonchev–Trinajstić information content (AvgIpc) is 2.77. The van der Waals surface area contributed by atoms with Crippen LogP contribution >= 0.6 is 0 Å². The number of Topliss-reactive ketones (excluding diaryl/α,β-unsaturated/α-hetero) is 1. The summed E-state index contributed by atoms with van der Waals surface area (Å²) < 4.78 is 4.27. The maximum Gasteiger partial charge on any atom is 0.245 e. The summed E-state index contributed by atoms with van der Waals surface area (Å²) >= 11 is 0. The summed E-state index contributed by atoms with van der Waals surface area (Å²) in [6.07, 6.45) is 2.05. The van der Waals surface area contributed by atoms with Crippen LogP contribution in [-0.2, 0) is 17.9 Å². The van der Waals surface area contributed by atoms with Gasteiger partial charge in [0.05, 0.1) is 0 Å². The fourth-order valence-corrected chi connectivity index (χ4v) is 2.81. The molecule has 0 amide bonds. The van der Waals surface area contributed by atoms with Crippen molar-refractivity contribution >= 4 is 16.8 Å². The quantitative estimate of drug-likeness (QED) is 0.628. The maximum absolute atomic E-state index is 11.5. The minimum absolute atomic E-state index is 0. The van der Waals surface area contributed by atoms with E-state index < -0.39 is 0 Å². The summed E-state index contributed by atoms with van der Waals surface area (Å²) in [6.45, 7) is 7.10. The number of nitrogens with zero attached hydrogens (tertiary/aromatic N) is 2. The number of fused-ring (bicyclic) bond motifs is 1. The first-order valence-electron chi connectivity index (χ1n) is 7.57. The Kier molecular flexibility index (Phi) is 5.22. The molecule has 0 unspecified atom stereocenters. The van der Waals surface area contributed by atoms with Gasteiger partial charge in [-0.05, 0) is 49.6 Å². The van der Waals surface area contributed by atoms with Crippen molar-refractivity contribution in [2.75, 3.05) is 0 Å². The Morgan fingerprint density at radius 2 is 1.74 bits per heavy atom. The zero-order chi connectivity index (χ0) is 15.7. The van der Waals surface area contributed by atoms with Gasteiger partial charge in [0, 0.05) is 0 Å². The molecule has 0 aliphatic rings. The second kappa shape index (κ2) is 6.97. The molecule has 0 aliphatic carbocycles. The third-order valence-corrected chi connectivity index (χ3v) is 4.08. The zero-order valence-electron chi connectivity index (χ0n) is 13.7. The minimum atomic E-state index is 0. The Bertz CT molecular complexity index is 837. The van der Waals surface area contributed by atoms with E-state index in [4.69, 9.17) is 0 Å². The number of hydrogen-bond donors (Lipinski definition) is 0. The van der Waals surface area contributed by atoms with Crippen LogP contribution in [0.15, 0.2) is 48.8 Å². The van der Waals surface area contributed by atoms with E-state index in [9.17, 15) is 4.79 Å². The molecule has 0 saturated heterocycles. The molecule has 0 bridgehead atoms. The van der Waals surface area contributed by atoms with E-state index in [2.05, 4.69) is 61.1 Å². The zero-order valence-corrected chi connectivity index (χ0v) is 14.5. The molecule has 0 radical (unpaired) electrons. The summed E-state index contributed by atoms with van der Waals surface area (Å²) in [6, 6.07) is 14.8. The van der Waals surface area contributed by atoms with E-state index in [1.807, 2.05) is 10.6 Å². The number of carbonyl (C=O) groups is 1. The molecule has 3 aromatic rings. The second-order valence-electron chi connectivity index (χ2n) is 5.98. The van der Waals surface area contributed by atoms with Crippen molar-refractivity contribution in [1.29, 1.82) is 0 Å². The predicted octanol–water partition coefficient (Wildman–Crippen LogP) is 0.187. The number of halogens is 1.